The first-order chi connectivity index (χ1) is 14.8. The Balaban J connectivity index is 1.84. The number of rotatable bonds is 5. The number of benzene rings is 4. The molecule has 1 heterocycles. The molecule has 0 atom stereocenters. The molecule has 4 aromatic carbocycles. The maximum atomic E-state index is 3.71. The quantitative estimate of drug-likeness (QED) is 0.315. The standard InChI is InChI=1S/C29H27N/c1-3-11-23-20(2)26(18-21-12-5-4-6-13-21)29(25-16-9-8-15-24(23)25)28-19-22-14-7-10-17-27(22)30-28/h4-10,12-17,19,30H,3,11,18H2,1-2H3. The van der Waals surface area contributed by atoms with E-state index in [0.29, 0.717) is 0 Å². The van der Waals surface area contributed by atoms with Gasteiger partial charge in [-0.05, 0) is 64.9 Å². The molecule has 0 aliphatic carbocycles. The molecule has 1 aromatic heterocycles. The van der Waals surface area contributed by atoms with Gasteiger partial charge in [0.05, 0.1) is 0 Å². The van der Waals surface area contributed by atoms with Gasteiger partial charge in [0, 0.05) is 22.2 Å². The minimum absolute atomic E-state index is 0.943. The molecule has 0 spiro atoms. The van der Waals surface area contributed by atoms with Crippen LogP contribution in [-0.4, -0.2) is 4.98 Å². The normalized spacial score (nSPS) is 11.4. The molecule has 1 N–H and O–H groups in total. The molecule has 0 amide bonds. The summed E-state index contributed by atoms with van der Waals surface area (Å²) in [6.07, 6.45) is 3.21. The predicted octanol–water partition coefficient (Wildman–Crippen LogP) is 7.84. The van der Waals surface area contributed by atoms with Crippen LogP contribution in [0.2, 0.25) is 0 Å². The fourth-order valence-electron chi connectivity index (χ4n) is 4.81. The molecular formula is C29H27N. The lowest BCUT2D eigenvalue weighted by Crippen LogP contribution is -2.03. The summed E-state index contributed by atoms with van der Waals surface area (Å²) in [5.74, 6) is 0. The maximum Gasteiger partial charge on any atom is 0.0474 e. The zero-order valence-corrected chi connectivity index (χ0v) is 17.7. The van der Waals surface area contributed by atoms with E-state index in [-0.39, 0.29) is 0 Å². The number of hydrogen-bond acceptors (Lipinski definition) is 0. The molecule has 148 valence electrons. The van der Waals surface area contributed by atoms with E-state index in [9.17, 15) is 0 Å². The van der Waals surface area contributed by atoms with Gasteiger partial charge in [-0.25, -0.2) is 0 Å². The summed E-state index contributed by atoms with van der Waals surface area (Å²) in [6.45, 7) is 4.60. The molecule has 0 bridgehead atoms. The van der Waals surface area contributed by atoms with Gasteiger partial charge in [-0.1, -0.05) is 86.1 Å². The van der Waals surface area contributed by atoms with Gasteiger partial charge in [-0.3, -0.25) is 0 Å². The van der Waals surface area contributed by atoms with E-state index >= 15 is 0 Å². The van der Waals surface area contributed by atoms with Crippen molar-refractivity contribution >= 4 is 21.7 Å². The summed E-state index contributed by atoms with van der Waals surface area (Å²) in [6, 6.07) is 30.7. The second-order valence-electron chi connectivity index (χ2n) is 8.19. The number of fused-ring (bicyclic) bond motifs is 2. The number of aromatic nitrogens is 1. The van der Waals surface area contributed by atoms with Gasteiger partial charge in [0.25, 0.3) is 0 Å². The zero-order valence-electron chi connectivity index (χ0n) is 17.7. The second kappa shape index (κ2) is 7.84. The van der Waals surface area contributed by atoms with Crippen LogP contribution in [0.25, 0.3) is 32.9 Å². The highest BCUT2D eigenvalue weighted by molar-refractivity contribution is 6.02. The SMILES string of the molecule is CCCc1c(C)c(Cc2ccccc2)c(-c2cc3ccccc3[nH]2)c2ccccc12. The van der Waals surface area contributed by atoms with Crippen LogP contribution < -0.4 is 0 Å². The number of hydrogen-bond donors (Lipinski definition) is 1. The Morgan fingerprint density at radius 1 is 0.733 bits per heavy atom. The molecule has 0 fully saturated rings. The number of aryl methyl sites for hydroxylation is 1. The highest BCUT2D eigenvalue weighted by atomic mass is 14.7. The van der Waals surface area contributed by atoms with E-state index in [1.807, 2.05) is 0 Å². The van der Waals surface area contributed by atoms with E-state index in [2.05, 4.69) is 104 Å². The van der Waals surface area contributed by atoms with Crippen LogP contribution >= 0.6 is 0 Å². The second-order valence-corrected chi connectivity index (χ2v) is 8.19. The number of H-pyrrole nitrogens is 1. The summed E-state index contributed by atoms with van der Waals surface area (Å²) in [4.78, 5) is 3.71. The molecule has 0 saturated heterocycles. The van der Waals surface area contributed by atoms with Crippen molar-refractivity contribution < 1.29 is 0 Å². The lowest BCUT2D eigenvalue weighted by atomic mass is 9.84. The van der Waals surface area contributed by atoms with Crippen molar-refractivity contribution in [3.63, 3.8) is 0 Å². The predicted molar refractivity (Wildman–Crippen MR) is 129 cm³/mol. The summed E-state index contributed by atoms with van der Waals surface area (Å²) < 4.78 is 0. The first kappa shape index (κ1) is 18.7. The summed E-state index contributed by atoms with van der Waals surface area (Å²) >= 11 is 0. The van der Waals surface area contributed by atoms with Crippen molar-refractivity contribution in [2.45, 2.75) is 33.1 Å². The molecule has 1 nitrogen and oxygen atoms in total. The van der Waals surface area contributed by atoms with E-state index in [1.165, 1.54) is 55.2 Å². The third-order valence-electron chi connectivity index (χ3n) is 6.25. The van der Waals surface area contributed by atoms with Crippen molar-refractivity contribution in [2.24, 2.45) is 0 Å². The summed E-state index contributed by atoms with van der Waals surface area (Å²) in [5.41, 5.74) is 9.49. The fraction of sp³-hybridized carbons (Fsp3) is 0.172. The Hall–Kier alpha value is -3.32. The van der Waals surface area contributed by atoms with E-state index in [0.717, 1.165) is 19.3 Å². The third-order valence-corrected chi connectivity index (χ3v) is 6.25. The summed E-state index contributed by atoms with van der Waals surface area (Å²) in [5, 5.41) is 4.00. The number of para-hydroxylation sites is 1. The minimum atomic E-state index is 0.943. The van der Waals surface area contributed by atoms with Crippen LogP contribution in [-0.2, 0) is 12.8 Å². The lowest BCUT2D eigenvalue weighted by molar-refractivity contribution is 0.916. The minimum Gasteiger partial charge on any atom is -0.355 e. The van der Waals surface area contributed by atoms with Gasteiger partial charge in [-0.15, -0.1) is 0 Å². The van der Waals surface area contributed by atoms with Gasteiger partial charge >= 0.3 is 0 Å². The molecule has 0 aliphatic rings. The Kier molecular flexibility index (Phi) is 4.88. The average molecular weight is 390 g/mol. The van der Waals surface area contributed by atoms with Crippen LogP contribution in [0.4, 0.5) is 0 Å². The molecule has 5 rings (SSSR count). The first-order valence-electron chi connectivity index (χ1n) is 10.9. The fourth-order valence-corrected chi connectivity index (χ4v) is 4.81. The highest BCUT2D eigenvalue weighted by Gasteiger charge is 2.19. The Labute approximate surface area is 178 Å². The highest BCUT2D eigenvalue weighted by Crippen LogP contribution is 2.39. The van der Waals surface area contributed by atoms with Crippen LogP contribution in [0.5, 0.6) is 0 Å². The van der Waals surface area contributed by atoms with Gasteiger partial charge in [0.2, 0.25) is 0 Å². The maximum absolute atomic E-state index is 3.71. The average Bonchev–Trinajstić information content (AvgIpc) is 3.21. The number of aromatic amines is 1. The molecule has 0 saturated carbocycles. The molecule has 0 aliphatic heterocycles. The smallest absolute Gasteiger partial charge is 0.0474 e. The monoisotopic (exact) mass is 389 g/mol. The van der Waals surface area contributed by atoms with E-state index in [4.69, 9.17) is 0 Å². The topological polar surface area (TPSA) is 15.8 Å². The zero-order chi connectivity index (χ0) is 20.5. The summed E-state index contributed by atoms with van der Waals surface area (Å²) in [7, 11) is 0. The molecule has 1 heteroatoms. The van der Waals surface area contributed by atoms with Gasteiger partial charge < -0.3 is 4.98 Å². The van der Waals surface area contributed by atoms with Crippen molar-refractivity contribution in [1.82, 2.24) is 4.98 Å². The molecule has 5 aromatic rings. The first-order valence-corrected chi connectivity index (χ1v) is 10.9. The van der Waals surface area contributed by atoms with Crippen LogP contribution in [0.1, 0.15) is 35.6 Å². The van der Waals surface area contributed by atoms with Crippen molar-refractivity contribution in [1.29, 1.82) is 0 Å². The third kappa shape index (κ3) is 3.21. The van der Waals surface area contributed by atoms with Gasteiger partial charge in [0.1, 0.15) is 0 Å². The Bertz CT molecular complexity index is 1290. The molecular weight excluding hydrogens is 362 g/mol. The number of nitrogens with one attached hydrogen (secondary N) is 1. The Morgan fingerprint density at radius 3 is 2.20 bits per heavy atom. The van der Waals surface area contributed by atoms with Crippen LogP contribution in [0, 0.1) is 6.92 Å². The molecule has 0 unspecified atom stereocenters. The van der Waals surface area contributed by atoms with Crippen LogP contribution in [0.15, 0.2) is 84.9 Å². The molecule has 30 heavy (non-hydrogen) atoms. The Morgan fingerprint density at radius 2 is 1.43 bits per heavy atom. The van der Waals surface area contributed by atoms with Gasteiger partial charge in [-0.2, -0.15) is 0 Å². The van der Waals surface area contributed by atoms with E-state index in [1.54, 1.807) is 0 Å². The van der Waals surface area contributed by atoms with Crippen molar-refractivity contribution in [3.05, 3.63) is 107 Å². The largest absolute Gasteiger partial charge is 0.355 e. The van der Waals surface area contributed by atoms with E-state index < -0.39 is 0 Å². The van der Waals surface area contributed by atoms with Crippen molar-refractivity contribution in [2.75, 3.05) is 0 Å². The van der Waals surface area contributed by atoms with Crippen LogP contribution in [0.3, 0.4) is 0 Å². The lowest BCUT2D eigenvalue weighted by Gasteiger charge is -2.20. The van der Waals surface area contributed by atoms with Gasteiger partial charge in [0.15, 0.2) is 0 Å². The van der Waals surface area contributed by atoms with Crippen molar-refractivity contribution in [3.8, 4) is 11.3 Å². The molecule has 0 radical (unpaired) electrons.